The van der Waals surface area contributed by atoms with Gasteiger partial charge in [-0.15, -0.1) is 11.3 Å². The highest BCUT2D eigenvalue weighted by Crippen LogP contribution is 2.16. The second-order valence-corrected chi connectivity index (χ2v) is 7.07. The lowest BCUT2D eigenvalue weighted by atomic mass is 10.3. The molecule has 1 aliphatic rings. The minimum absolute atomic E-state index is 0.0832. The van der Waals surface area contributed by atoms with E-state index in [9.17, 15) is 4.79 Å². The number of hydrogen-bond donors (Lipinski definition) is 0. The first-order valence-corrected chi connectivity index (χ1v) is 8.49. The molecule has 0 amide bonds. The Labute approximate surface area is 134 Å². The van der Waals surface area contributed by atoms with Gasteiger partial charge in [-0.05, 0) is 32.0 Å². The molecule has 0 fully saturated rings. The summed E-state index contributed by atoms with van der Waals surface area (Å²) >= 11 is 1.78. The first-order chi connectivity index (χ1) is 10.6. The van der Waals surface area contributed by atoms with Crippen molar-refractivity contribution in [1.82, 2.24) is 19.4 Å². The van der Waals surface area contributed by atoms with Crippen LogP contribution in [0.4, 0.5) is 0 Å². The van der Waals surface area contributed by atoms with Crippen molar-refractivity contribution in [3.63, 3.8) is 0 Å². The SMILES string of the molecule is CN(C)Cc1cc(=O)n2c(n1)CN(Cc1cccs1)CCC2. The van der Waals surface area contributed by atoms with Gasteiger partial charge < -0.3 is 4.90 Å². The molecule has 0 bridgehead atoms. The van der Waals surface area contributed by atoms with E-state index in [1.165, 1.54) is 4.88 Å². The first-order valence-electron chi connectivity index (χ1n) is 7.61. The maximum Gasteiger partial charge on any atom is 0.253 e. The van der Waals surface area contributed by atoms with E-state index in [-0.39, 0.29) is 5.56 Å². The lowest BCUT2D eigenvalue weighted by Crippen LogP contribution is -2.28. The fraction of sp³-hybridized carbons (Fsp3) is 0.500. The summed E-state index contributed by atoms with van der Waals surface area (Å²) in [6, 6.07) is 5.93. The van der Waals surface area contributed by atoms with Crippen LogP contribution in [0.25, 0.3) is 0 Å². The minimum Gasteiger partial charge on any atom is -0.304 e. The van der Waals surface area contributed by atoms with E-state index in [2.05, 4.69) is 22.4 Å². The topological polar surface area (TPSA) is 41.4 Å². The quantitative estimate of drug-likeness (QED) is 0.861. The molecule has 0 saturated heterocycles. The number of nitrogens with zero attached hydrogens (tertiary/aromatic N) is 4. The fourth-order valence-electron chi connectivity index (χ4n) is 2.86. The third kappa shape index (κ3) is 3.63. The molecule has 0 aromatic carbocycles. The Kier molecular flexibility index (Phi) is 4.71. The summed E-state index contributed by atoms with van der Waals surface area (Å²) in [6.45, 7) is 4.15. The molecule has 0 N–H and O–H groups in total. The van der Waals surface area contributed by atoms with Gasteiger partial charge in [0.15, 0.2) is 0 Å². The zero-order valence-electron chi connectivity index (χ0n) is 13.2. The summed E-state index contributed by atoms with van der Waals surface area (Å²) in [4.78, 5) is 22.9. The molecule has 0 saturated carbocycles. The van der Waals surface area contributed by atoms with Gasteiger partial charge in [0.2, 0.25) is 0 Å². The molecule has 2 aromatic rings. The molecule has 3 heterocycles. The Bertz CT molecular complexity index is 678. The van der Waals surface area contributed by atoms with Crippen LogP contribution >= 0.6 is 11.3 Å². The third-order valence-corrected chi connectivity index (χ3v) is 4.66. The number of fused-ring (bicyclic) bond motifs is 1. The predicted octanol–water partition coefficient (Wildman–Crippen LogP) is 1.77. The Morgan fingerprint density at radius 2 is 2.23 bits per heavy atom. The van der Waals surface area contributed by atoms with Crippen molar-refractivity contribution in [3.8, 4) is 0 Å². The Hall–Kier alpha value is -1.50. The summed E-state index contributed by atoms with van der Waals surface area (Å²) < 4.78 is 1.84. The van der Waals surface area contributed by atoms with Gasteiger partial charge in [-0.25, -0.2) is 4.98 Å². The van der Waals surface area contributed by atoms with E-state index in [1.54, 1.807) is 17.4 Å². The van der Waals surface area contributed by atoms with Crippen molar-refractivity contribution in [2.75, 3.05) is 20.6 Å². The molecule has 5 nitrogen and oxygen atoms in total. The van der Waals surface area contributed by atoms with Gasteiger partial charge in [-0.3, -0.25) is 14.3 Å². The summed E-state index contributed by atoms with van der Waals surface area (Å²) in [5.41, 5.74) is 0.944. The van der Waals surface area contributed by atoms with Gasteiger partial charge in [0, 0.05) is 37.1 Å². The van der Waals surface area contributed by atoms with E-state index in [1.807, 2.05) is 23.6 Å². The highest BCUT2D eigenvalue weighted by Gasteiger charge is 2.18. The maximum absolute atomic E-state index is 12.3. The van der Waals surface area contributed by atoms with Crippen LogP contribution in [0, 0.1) is 0 Å². The van der Waals surface area contributed by atoms with Crippen molar-refractivity contribution < 1.29 is 0 Å². The third-order valence-electron chi connectivity index (χ3n) is 3.80. The van der Waals surface area contributed by atoms with Crippen LogP contribution in [0.5, 0.6) is 0 Å². The summed E-state index contributed by atoms with van der Waals surface area (Å²) in [5, 5.41) is 2.11. The zero-order valence-corrected chi connectivity index (χ0v) is 14.0. The van der Waals surface area contributed by atoms with Gasteiger partial charge in [0.1, 0.15) is 5.82 Å². The molecular weight excluding hydrogens is 296 g/mol. The van der Waals surface area contributed by atoms with Gasteiger partial charge in [0.25, 0.3) is 5.56 Å². The van der Waals surface area contributed by atoms with E-state index >= 15 is 0 Å². The Morgan fingerprint density at radius 1 is 1.36 bits per heavy atom. The molecule has 3 rings (SSSR count). The van der Waals surface area contributed by atoms with Crippen molar-refractivity contribution >= 4 is 11.3 Å². The highest BCUT2D eigenvalue weighted by atomic mass is 32.1. The molecule has 1 aliphatic heterocycles. The van der Waals surface area contributed by atoms with Crippen LogP contribution in [0.3, 0.4) is 0 Å². The van der Waals surface area contributed by atoms with Gasteiger partial charge in [-0.1, -0.05) is 6.07 Å². The van der Waals surface area contributed by atoms with Crippen LogP contribution in [-0.2, 0) is 26.2 Å². The zero-order chi connectivity index (χ0) is 15.5. The molecule has 0 unspecified atom stereocenters. The molecule has 0 aliphatic carbocycles. The van der Waals surface area contributed by atoms with Crippen LogP contribution in [0.15, 0.2) is 28.4 Å². The summed E-state index contributed by atoms with van der Waals surface area (Å²) in [7, 11) is 3.99. The number of aromatic nitrogens is 2. The molecule has 6 heteroatoms. The van der Waals surface area contributed by atoms with Crippen molar-refractivity contribution in [3.05, 3.63) is 50.3 Å². The van der Waals surface area contributed by atoms with Crippen molar-refractivity contribution in [2.45, 2.75) is 32.6 Å². The number of hydrogen-bond acceptors (Lipinski definition) is 5. The number of rotatable bonds is 4. The molecule has 22 heavy (non-hydrogen) atoms. The van der Waals surface area contributed by atoms with E-state index in [4.69, 9.17) is 4.98 Å². The lowest BCUT2D eigenvalue weighted by molar-refractivity contribution is 0.260. The van der Waals surface area contributed by atoms with E-state index in [0.29, 0.717) is 6.54 Å². The summed E-state index contributed by atoms with van der Waals surface area (Å²) in [5.74, 6) is 0.901. The average Bonchev–Trinajstić information content (AvgIpc) is 2.85. The normalized spacial score (nSPS) is 15.8. The molecule has 0 atom stereocenters. The average molecular weight is 318 g/mol. The standard InChI is InChI=1S/C16H22N4OS/c1-18(2)10-13-9-16(21)20-7-4-6-19(12-15(20)17-13)11-14-5-3-8-22-14/h3,5,8-9H,4,6-7,10-12H2,1-2H3. The fourth-order valence-corrected chi connectivity index (χ4v) is 3.61. The smallest absolute Gasteiger partial charge is 0.253 e. The van der Waals surface area contributed by atoms with Crippen molar-refractivity contribution in [2.24, 2.45) is 0 Å². The summed E-state index contributed by atoms with van der Waals surface area (Å²) in [6.07, 6.45) is 0.993. The molecule has 0 spiro atoms. The number of thiophene rings is 1. The van der Waals surface area contributed by atoms with Crippen LogP contribution in [0.2, 0.25) is 0 Å². The Balaban J connectivity index is 1.84. The maximum atomic E-state index is 12.3. The monoisotopic (exact) mass is 318 g/mol. The van der Waals surface area contributed by atoms with Gasteiger partial charge in [0.05, 0.1) is 12.2 Å². The molecule has 2 aromatic heterocycles. The molecule has 118 valence electrons. The highest BCUT2D eigenvalue weighted by molar-refractivity contribution is 7.09. The molecule has 0 radical (unpaired) electrons. The van der Waals surface area contributed by atoms with Crippen LogP contribution in [-0.4, -0.2) is 40.0 Å². The van der Waals surface area contributed by atoms with Gasteiger partial charge >= 0.3 is 0 Å². The largest absolute Gasteiger partial charge is 0.304 e. The first kappa shape index (κ1) is 15.4. The van der Waals surface area contributed by atoms with E-state index < -0.39 is 0 Å². The van der Waals surface area contributed by atoms with Crippen LogP contribution < -0.4 is 5.56 Å². The lowest BCUT2D eigenvalue weighted by Gasteiger charge is -2.19. The van der Waals surface area contributed by atoms with Crippen LogP contribution in [0.1, 0.15) is 22.8 Å². The van der Waals surface area contributed by atoms with Gasteiger partial charge in [-0.2, -0.15) is 0 Å². The molecular formula is C16H22N4OS. The minimum atomic E-state index is 0.0832. The van der Waals surface area contributed by atoms with Crippen molar-refractivity contribution in [1.29, 1.82) is 0 Å². The Morgan fingerprint density at radius 3 is 2.95 bits per heavy atom. The van der Waals surface area contributed by atoms with E-state index in [0.717, 1.165) is 44.1 Å². The second kappa shape index (κ2) is 6.73. The second-order valence-electron chi connectivity index (χ2n) is 6.03. The predicted molar refractivity (Wildman–Crippen MR) is 88.9 cm³/mol.